The van der Waals surface area contributed by atoms with Crippen molar-refractivity contribution >= 4 is 11.6 Å². The van der Waals surface area contributed by atoms with Crippen molar-refractivity contribution in [1.82, 2.24) is 0 Å². The number of amides is 1. The molecule has 4 rings (SSSR count). The molecule has 1 saturated heterocycles. The van der Waals surface area contributed by atoms with E-state index in [4.69, 9.17) is 0 Å². The molecule has 0 saturated carbocycles. The van der Waals surface area contributed by atoms with Crippen LogP contribution in [0.3, 0.4) is 0 Å². The summed E-state index contributed by atoms with van der Waals surface area (Å²) in [5.41, 5.74) is 3.82. The number of hydrogen-bond acceptors (Lipinski definition) is 1. The topological polar surface area (TPSA) is 20.3 Å². The van der Waals surface area contributed by atoms with Gasteiger partial charge in [-0.25, -0.2) is 0 Å². The fraction of sp³-hybridized carbons (Fsp3) is 0.235. The number of nitrogens with zero attached hydrogens (tertiary/aromatic N) is 1. The number of rotatable bonds is 1. The predicted octanol–water partition coefficient (Wildman–Crippen LogP) is 3.13. The van der Waals surface area contributed by atoms with Gasteiger partial charge in [0.05, 0.1) is 0 Å². The van der Waals surface area contributed by atoms with Gasteiger partial charge in [0.2, 0.25) is 5.91 Å². The fourth-order valence-corrected chi connectivity index (χ4v) is 3.57. The van der Waals surface area contributed by atoms with E-state index in [9.17, 15) is 4.79 Å². The van der Waals surface area contributed by atoms with Crippen molar-refractivity contribution < 1.29 is 4.79 Å². The van der Waals surface area contributed by atoms with Crippen LogP contribution in [0.5, 0.6) is 0 Å². The van der Waals surface area contributed by atoms with Crippen molar-refractivity contribution in [3.05, 3.63) is 65.7 Å². The Balaban J connectivity index is 1.76. The molecule has 1 aliphatic heterocycles. The van der Waals surface area contributed by atoms with Crippen molar-refractivity contribution in [1.29, 1.82) is 0 Å². The van der Waals surface area contributed by atoms with Crippen molar-refractivity contribution in [2.24, 2.45) is 0 Å². The largest absolute Gasteiger partial charge is 0.308 e. The van der Waals surface area contributed by atoms with Gasteiger partial charge in [0, 0.05) is 24.1 Å². The third kappa shape index (κ3) is 1.53. The highest BCUT2D eigenvalue weighted by Crippen LogP contribution is 2.45. The summed E-state index contributed by atoms with van der Waals surface area (Å²) in [6.45, 7) is 0. The van der Waals surface area contributed by atoms with E-state index >= 15 is 0 Å². The molecule has 1 aliphatic carbocycles. The number of carbonyl (C=O) groups is 1. The molecule has 2 aliphatic rings. The van der Waals surface area contributed by atoms with Crippen molar-refractivity contribution in [3.8, 4) is 0 Å². The van der Waals surface area contributed by atoms with Crippen LogP contribution in [-0.2, 0) is 11.2 Å². The van der Waals surface area contributed by atoms with Crippen LogP contribution >= 0.6 is 0 Å². The number of anilines is 1. The summed E-state index contributed by atoms with van der Waals surface area (Å²) < 4.78 is 0. The van der Waals surface area contributed by atoms with E-state index in [0.29, 0.717) is 18.4 Å². The molecule has 2 heteroatoms. The second-order valence-corrected chi connectivity index (χ2v) is 5.38. The van der Waals surface area contributed by atoms with E-state index in [1.54, 1.807) is 0 Å². The molecule has 94 valence electrons. The Morgan fingerprint density at radius 3 is 2.47 bits per heavy atom. The second kappa shape index (κ2) is 3.95. The maximum Gasteiger partial charge on any atom is 0.227 e. The lowest BCUT2D eigenvalue weighted by atomic mass is 9.98. The highest BCUT2D eigenvalue weighted by Gasteiger charge is 2.45. The third-order valence-electron chi connectivity index (χ3n) is 4.38. The molecule has 2 atom stereocenters. The van der Waals surface area contributed by atoms with Gasteiger partial charge in [0.1, 0.15) is 0 Å². The fourth-order valence-electron chi connectivity index (χ4n) is 3.57. The average Bonchev–Trinajstić information content (AvgIpc) is 2.94. The van der Waals surface area contributed by atoms with Crippen LogP contribution in [0.2, 0.25) is 0 Å². The molecule has 1 amide bonds. The van der Waals surface area contributed by atoms with Crippen LogP contribution in [0.1, 0.15) is 23.5 Å². The predicted molar refractivity (Wildman–Crippen MR) is 75.2 cm³/mol. The Morgan fingerprint density at radius 1 is 0.895 bits per heavy atom. The lowest BCUT2D eigenvalue weighted by molar-refractivity contribution is -0.117. The zero-order valence-corrected chi connectivity index (χ0v) is 10.6. The Kier molecular flexibility index (Phi) is 2.25. The van der Waals surface area contributed by atoms with Crippen molar-refractivity contribution in [3.63, 3.8) is 0 Å². The molecule has 2 unspecified atom stereocenters. The first kappa shape index (κ1) is 10.8. The number of hydrogen-bond donors (Lipinski definition) is 0. The molecule has 19 heavy (non-hydrogen) atoms. The quantitative estimate of drug-likeness (QED) is 0.760. The molecule has 0 aromatic heterocycles. The average molecular weight is 249 g/mol. The summed E-state index contributed by atoms with van der Waals surface area (Å²) in [4.78, 5) is 14.3. The van der Waals surface area contributed by atoms with E-state index in [1.807, 2.05) is 35.2 Å². The highest BCUT2D eigenvalue weighted by atomic mass is 16.2. The lowest BCUT2D eigenvalue weighted by Crippen LogP contribution is -2.34. The number of carbonyl (C=O) groups excluding carboxylic acids is 1. The molecular formula is C17H15NO. The van der Waals surface area contributed by atoms with Crippen molar-refractivity contribution in [2.45, 2.75) is 24.8 Å². The minimum Gasteiger partial charge on any atom is -0.308 e. The van der Waals surface area contributed by atoms with Crippen LogP contribution < -0.4 is 4.90 Å². The SMILES string of the molecule is O=C1CC2c3ccccc3CC2N1c1ccccc1. The molecule has 1 heterocycles. The molecule has 2 aromatic carbocycles. The van der Waals surface area contributed by atoms with Crippen molar-refractivity contribution in [2.75, 3.05) is 4.90 Å². The zero-order valence-electron chi connectivity index (χ0n) is 10.6. The van der Waals surface area contributed by atoms with Gasteiger partial charge < -0.3 is 4.90 Å². The molecule has 0 N–H and O–H groups in total. The van der Waals surface area contributed by atoms with Crippen LogP contribution in [-0.4, -0.2) is 11.9 Å². The second-order valence-electron chi connectivity index (χ2n) is 5.38. The summed E-state index contributed by atoms with van der Waals surface area (Å²) in [6.07, 6.45) is 1.64. The molecular weight excluding hydrogens is 234 g/mol. The monoisotopic (exact) mass is 249 g/mol. The first-order chi connectivity index (χ1) is 9.34. The van der Waals surface area contributed by atoms with Gasteiger partial charge in [-0.1, -0.05) is 42.5 Å². The molecule has 2 nitrogen and oxygen atoms in total. The first-order valence-electron chi connectivity index (χ1n) is 6.79. The maximum absolute atomic E-state index is 12.3. The van der Waals surface area contributed by atoms with Gasteiger partial charge in [-0.15, -0.1) is 0 Å². The highest BCUT2D eigenvalue weighted by molar-refractivity contribution is 5.98. The van der Waals surface area contributed by atoms with Gasteiger partial charge in [0.25, 0.3) is 0 Å². The summed E-state index contributed by atoms with van der Waals surface area (Å²) in [5, 5.41) is 0. The minimum atomic E-state index is 0.260. The van der Waals surface area contributed by atoms with Gasteiger partial charge in [-0.3, -0.25) is 4.79 Å². The van der Waals surface area contributed by atoms with Crippen LogP contribution in [0.4, 0.5) is 5.69 Å². The summed E-state index contributed by atoms with van der Waals surface area (Å²) >= 11 is 0. The smallest absolute Gasteiger partial charge is 0.227 e. The van der Waals surface area contributed by atoms with Crippen LogP contribution in [0.25, 0.3) is 0 Å². The van der Waals surface area contributed by atoms with Gasteiger partial charge in [-0.05, 0) is 29.7 Å². The van der Waals surface area contributed by atoms with Gasteiger partial charge in [-0.2, -0.15) is 0 Å². The Labute approximate surface area is 112 Å². The molecule has 0 bridgehead atoms. The van der Waals surface area contributed by atoms with E-state index in [2.05, 4.69) is 24.3 Å². The lowest BCUT2D eigenvalue weighted by Gasteiger charge is -2.24. The molecule has 2 aromatic rings. The Hall–Kier alpha value is -2.09. The molecule has 1 fully saturated rings. The van der Waals surface area contributed by atoms with E-state index in [1.165, 1.54) is 11.1 Å². The summed E-state index contributed by atoms with van der Waals surface area (Å²) in [5.74, 6) is 0.639. The summed E-state index contributed by atoms with van der Waals surface area (Å²) in [6, 6.07) is 18.9. The summed E-state index contributed by atoms with van der Waals surface area (Å²) in [7, 11) is 0. The molecule has 0 spiro atoms. The van der Waals surface area contributed by atoms with E-state index in [0.717, 1.165) is 12.1 Å². The normalized spacial score (nSPS) is 24.4. The Morgan fingerprint density at radius 2 is 1.63 bits per heavy atom. The Bertz CT molecular complexity index is 635. The first-order valence-corrected chi connectivity index (χ1v) is 6.79. The van der Waals surface area contributed by atoms with Crippen LogP contribution in [0.15, 0.2) is 54.6 Å². The van der Waals surface area contributed by atoms with E-state index < -0.39 is 0 Å². The number of benzene rings is 2. The third-order valence-corrected chi connectivity index (χ3v) is 4.38. The molecule has 0 radical (unpaired) electrons. The van der Waals surface area contributed by atoms with Gasteiger partial charge in [0.15, 0.2) is 0 Å². The minimum absolute atomic E-state index is 0.260. The standard InChI is InChI=1S/C17H15NO/c19-17-11-15-14-9-5-4-6-12(14)10-16(15)18(17)13-7-2-1-3-8-13/h1-9,15-16H,10-11H2. The maximum atomic E-state index is 12.3. The number of fused-ring (bicyclic) bond motifs is 3. The van der Waals surface area contributed by atoms with Gasteiger partial charge >= 0.3 is 0 Å². The van der Waals surface area contributed by atoms with Crippen LogP contribution in [0, 0.1) is 0 Å². The zero-order chi connectivity index (χ0) is 12.8. The van der Waals surface area contributed by atoms with E-state index in [-0.39, 0.29) is 5.91 Å². The number of para-hydroxylation sites is 1.